The van der Waals surface area contributed by atoms with Gasteiger partial charge in [-0.05, 0) is 36.6 Å². The van der Waals surface area contributed by atoms with Crippen LogP contribution in [0.5, 0.6) is 0 Å². The molecule has 2 heteroatoms. The van der Waals surface area contributed by atoms with E-state index in [0.717, 1.165) is 0 Å². The summed E-state index contributed by atoms with van der Waals surface area (Å²) in [6.07, 6.45) is 5.41. The highest BCUT2D eigenvalue weighted by Gasteiger charge is 1.97. The van der Waals surface area contributed by atoms with Crippen LogP contribution in [0.25, 0.3) is 0 Å². The minimum absolute atomic E-state index is 0.542. The molecule has 0 aliphatic rings. The van der Waals surface area contributed by atoms with Gasteiger partial charge in [0.05, 0.1) is 0 Å². The summed E-state index contributed by atoms with van der Waals surface area (Å²) in [4.78, 5) is 8.06. The number of hydrogen-bond acceptors (Lipinski definition) is 2. The largest absolute Gasteiger partial charge is 0.265 e. The van der Waals surface area contributed by atoms with E-state index in [1.165, 1.54) is 11.3 Å². The molecule has 0 aliphatic heterocycles. The minimum atomic E-state index is 0.542. The first-order valence-electron chi connectivity index (χ1n) is 5.47. The van der Waals surface area contributed by atoms with E-state index in [-0.39, 0.29) is 0 Å². The Morgan fingerprint density at radius 3 is 2.00 bits per heavy atom. The summed E-state index contributed by atoms with van der Waals surface area (Å²) in [5.41, 5.74) is 2.40. The summed E-state index contributed by atoms with van der Waals surface area (Å²) in [6.45, 7) is 6.35. The number of rotatable bonds is 1. The summed E-state index contributed by atoms with van der Waals surface area (Å²) in [7, 11) is 0. The van der Waals surface area contributed by atoms with E-state index in [4.69, 9.17) is 0 Å². The fraction of sp³-hybridized carbons (Fsp3) is 0.286. The van der Waals surface area contributed by atoms with Gasteiger partial charge in [-0.25, -0.2) is 0 Å². The Bertz CT molecular complexity index is 353. The molecule has 0 amide bonds. The van der Waals surface area contributed by atoms with Crippen LogP contribution in [0.15, 0.2) is 48.9 Å². The van der Waals surface area contributed by atoms with E-state index in [9.17, 15) is 0 Å². The molecule has 2 heterocycles. The Morgan fingerprint density at radius 2 is 1.69 bits per heavy atom. The zero-order valence-electron chi connectivity index (χ0n) is 10.1. The summed E-state index contributed by atoms with van der Waals surface area (Å²) < 4.78 is 0. The van der Waals surface area contributed by atoms with Crippen molar-refractivity contribution in [3.8, 4) is 0 Å². The second kappa shape index (κ2) is 6.72. The van der Waals surface area contributed by atoms with E-state index in [0.29, 0.717) is 5.92 Å². The quantitative estimate of drug-likeness (QED) is 0.725. The van der Waals surface area contributed by atoms with E-state index < -0.39 is 0 Å². The van der Waals surface area contributed by atoms with Crippen molar-refractivity contribution in [2.45, 2.75) is 26.7 Å². The molecule has 2 aromatic rings. The highest BCUT2D eigenvalue weighted by molar-refractivity contribution is 5.14. The fourth-order valence-corrected chi connectivity index (χ4v) is 1.13. The number of aryl methyl sites for hydroxylation is 1. The van der Waals surface area contributed by atoms with Crippen molar-refractivity contribution in [3.63, 3.8) is 0 Å². The van der Waals surface area contributed by atoms with E-state index >= 15 is 0 Å². The second-order valence-corrected chi connectivity index (χ2v) is 3.94. The Labute approximate surface area is 97.4 Å². The lowest BCUT2D eigenvalue weighted by atomic mass is 10.1. The number of nitrogens with zero attached hydrogens (tertiary/aromatic N) is 2. The van der Waals surface area contributed by atoms with Crippen LogP contribution in [0.2, 0.25) is 0 Å². The van der Waals surface area contributed by atoms with Gasteiger partial charge in [0.25, 0.3) is 0 Å². The molecule has 0 radical (unpaired) electrons. The third-order valence-corrected chi connectivity index (χ3v) is 2.09. The number of pyridine rings is 2. The Morgan fingerprint density at radius 1 is 1.00 bits per heavy atom. The lowest BCUT2D eigenvalue weighted by Crippen LogP contribution is -1.90. The smallest absolute Gasteiger partial charge is 0.0429 e. The van der Waals surface area contributed by atoms with Crippen LogP contribution in [0.1, 0.15) is 31.0 Å². The molecule has 2 nitrogen and oxygen atoms in total. The molecule has 0 unspecified atom stereocenters. The number of hydrogen-bond donors (Lipinski definition) is 0. The maximum atomic E-state index is 4.28. The standard InChI is InChI=1S/C9H13N.C5H5N/c1-7(2)9-5-4-8(3)6-10-9;1-2-4-6-5-3-1/h4-7H,1-3H3;1-5H. The van der Waals surface area contributed by atoms with Gasteiger partial charge in [-0.15, -0.1) is 0 Å². The van der Waals surface area contributed by atoms with Crippen molar-refractivity contribution in [3.05, 3.63) is 60.2 Å². The van der Waals surface area contributed by atoms with Crippen LogP contribution in [0.3, 0.4) is 0 Å². The molecule has 0 saturated carbocycles. The average molecular weight is 214 g/mol. The van der Waals surface area contributed by atoms with Gasteiger partial charge in [0, 0.05) is 24.3 Å². The van der Waals surface area contributed by atoms with E-state index in [2.05, 4.69) is 42.9 Å². The van der Waals surface area contributed by atoms with Crippen molar-refractivity contribution < 1.29 is 0 Å². The zero-order valence-corrected chi connectivity index (χ0v) is 10.1. The second-order valence-electron chi connectivity index (χ2n) is 3.94. The van der Waals surface area contributed by atoms with Gasteiger partial charge < -0.3 is 0 Å². The van der Waals surface area contributed by atoms with Gasteiger partial charge in [0.1, 0.15) is 0 Å². The molecule has 84 valence electrons. The predicted molar refractivity (Wildman–Crippen MR) is 67.3 cm³/mol. The van der Waals surface area contributed by atoms with Crippen LogP contribution < -0.4 is 0 Å². The van der Waals surface area contributed by atoms with Crippen LogP contribution >= 0.6 is 0 Å². The van der Waals surface area contributed by atoms with Crippen LogP contribution in [0.4, 0.5) is 0 Å². The summed E-state index contributed by atoms with van der Waals surface area (Å²) in [5, 5.41) is 0. The summed E-state index contributed by atoms with van der Waals surface area (Å²) >= 11 is 0. The third-order valence-electron chi connectivity index (χ3n) is 2.09. The van der Waals surface area contributed by atoms with Crippen LogP contribution in [-0.2, 0) is 0 Å². The van der Waals surface area contributed by atoms with Gasteiger partial charge in [-0.1, -0.05) is 26.0 Å². The molecule has 0 atom stereocenters. The van der Waals surface area contributed by atoms with Crippen molar-refractivity contribution in [1.82, 2.24) is 9.97 Å². The highest BCUT2D eigenvalue weighted by Crippen LogP contribution is 2.10. The van der Waals surface area contributed by atoms with Crippen molar-refractivity contribution in [2.24, 2.45) is 0 Å². The Kier molecular flexibility index (Phi) is 5.20. The molecule has 0 saturated heterocycles. The fourth-order valence-electron chi connectivity index (χ4n) is 1.13. The van der Waals surface area contributed by atoms with Crippen molar-refractivity contribution in [1.29, 1.82) is 0 Å². The first-order chi connectivity index (χ1) is 7.70. The molecular weight excluding hydrogens is 196 g/mol. The Balaban J connectivity index is 0.000000181. The average Bonchev–Trinajstić information content (AvgIpc) is 2.32. The monoisotopic (exact) mass is 214 g/mol. The molecule has 0 N–H and O–H groups in total. The predicted octanol–water partition coefficient (Wildman–Crippen LogP) is 3.60. The molecule has 0 bridgehead atoms. The lowest BCUT2D eigenvalue weighted by molar-refractivity contribution is 0.821. The molecule has 0 aliphatic carbocycles. The normalized spacial score (nSPS) is 9.50. The first kappa shape index (κ1) is 12.4. The van der Waals surface area contributed by atoms with E-state index in [1.807, 2.05) is 24.4 Å². The van der Waals surface area contributed by atoms with Gasteiger partial charge in [-0.3, -0.25) is 9.97 Å². The van der Waals surface area contributed by atoms with Gasteiger partial charge in [-0.2, -0.15) is 0 Å². The van der Waals surface area contributed by atoms with Crippen LogP contribution in [0, 0.1) is 6.92 Å². The lowest BCUT2D eigenvalue weighted by Gasteiger charge is -2.02. The highest BCUT2D eigenvalue weighted by atomic mass is 14.7. The number of aromatic nitrogens is 2. The summed E-state index contributed by atoms with van der Waals surface area (Å²) in [5.74, 6) is 0.542. The van der Waals surface area contributed by atoms with Crippen molar-refractivity contribution in [2.75, 3.05) is 0 Å². The molecule has 0 spiro atoms. The topological polar surface area (TPSA) is 25.8 Å². The molecular formula is C14H18N2. The van der Waals surface area contributed by atoms with E-state index in [1.54, 1.807) is 12.4 Å². The molecule has 0 fully saturated rings. The maximum absolute atomic E-state index is 4.28. The molecule has 2 rings (SSSR count). The van der Waals surface area contributed by atoms with Crippen molar-refractivity contribution >= 4 is 0 Å². The molecule has 0 aromatic carbocycles. The van der Waals surface area contributed by atoms with Gasteiger partial charge >= 0.3 is 0 Å². The third kappa shape index (κ3) is 4.69. The Hall–Kier alpha value is -1.70. The first-order valence-corrected chi connectivity index (χ1v) is 5.47. The maximum Gasteiger partial charge on any atom is 0.0429 e. The van der Waals surface area contributed by atoms with Gasteiger partial charge in [0.15, 0.2) is 0 Å². The minimum Gasteiger partial charge on any atom is -0.265 e. The molecule has 2 aromatic heterocycles. The SMILES string of the molecule is Cc1ccc(C(C)C)nc1.c1ccncc1. The summed E-state index contributed by atoms with van der Waals surface area (Å²) in [6, 6.07) is 9.90. The molecule has 16 heavy (non-hydrogen) atoms. The van der Waals surface area contributed by atoms with Crippen LogP contribution in [-0.4, -0.2) is 9.97 Å². The van der Waals surface area contributed by atoms with Gasteiger partial charge in [0.2, 0.25) is 0 Å². The zero-order chi connectivity index (χ0) is 11.8.